The van der Waals surface area contributed by atoms with Crippen molar-refractivity contribution in [1.29, 1.82) is 0 Å². The van der Waals surface area contributed by atoms with Gasteiger partial charge in [-0.2, -0.15) is 0 Å². The maximum atomic E-state index is 10.4. The minimum absolute atomic E-state index is 0.0160. The van der Waals surface area contributed by atoms with Crippen LogP contribution in [-0.4, -0.2) is 42.3 Å². The maximum Gasteiger partial charge on any atom is 0.347 e. The number of nitrogens with one attached hydrogen (secondary N) is 1. The van der Waals surface area contributed by atoms with E-state index in [-0.39, 0.29) is 11.1 Å². The minimum Gasteiger partial charge on any atom is -0.467 e. The van der Waals surface area contributed by atoms with Gasteiger partial charge in [0, 0.05) is 13.1 Å². The number of hydrogen-bond donors (Lipinski definition) is 1. The number of rotatable bonds is 4. The van der Waals surface area contributed by atoms with Gasteiger partial charge in [-0.15, -0.1) is 0 Å². The molecule has 0 amide bonds. The lowest BCUT2D eigenvalue weighted by atomic mass is 10.3. The summed E-state index contributed by atoms with van der Waals surface area (Å²) in [6.07, 6.45) is 1.18. The molecule has 0 spiro atoms. The van der Waals surface area contributed by atoms with Gasteiger partial charge in [0.2, 0.25) is 0 Å². The summed E-state index contributed by atoms with van der Waals surface area (Å²) in [4.78, 5) is 13.7. The number of ether oxygens (including phenoxy) is 2. The molecule has 1 N–H and O–H groups in total. The zero-order valence-corrected chi connectivity index (χ0v) is 9.24. The second-order valence-corrected chi connectivity index (χ2v) is 4.20. The Kier molecular flexibility index (Phi) is 3.65. The van der Waals surface area contributed by atoms with Gasteiger partial charge in [0.1, 0.15) is 18.9 Å². The highest BCUT2D eigenvalue weighted by molar-refractivity contribution is 7.16. The van der Waals surface area contributed by atoms with Crippen LogP contribution in [-0.2, 0) is 4.74 Å². The van der Waals surface area contributed by atoms with Crippen LogP contribution in [0.5, 0.6) is 5.19 Å². The average Bonchev–Trinajstić information content (AvgIpc) is 2.76. The fourth-order valence-electron chi connectivity index (χ4n) is 1.29. The molecule has 1 aliphatic heterocycles. The molecule has 88 valence electrons. The van der Waals surface area contributed by atoms with E-state index in [1.54, 1.807) is 0 Å². The van der Waals surface area contributed by atoms with Crippen molar-refractivity contribution in [2.75, 3.05) is 26.3 Å². The fourth-order valence-corrected chi connectivity index (χ4v) is 1.88. The number of thiazole rings is 1. The summed E-state index contributed by atoms with van der Waals surface area (Å²) >= 11 is 0.921. The molecule has 0 bridgehead atoms. The zero-order valence-electron chi connectivity index (χ0n) is 8.42. The van der Waals surface area contributed by atoms with Crippen LogP contribution in [0.4, 0.5) is 5.00 Å². The number of nitro groups is 1. The number of nitrogens with zero attached hydrogens (tertiary/aromatic N) is 2. The predicted octanol–water partition coefficient (Wildman–Crippen LogP) is 0.418. The molecule has 2 heterocycles. The van der Waals surface area contributed by atoms with Crippen molar-refractivity contribution < 1.29 is 14.4 Å². The molecule has 1 fully saturated rings. The van der Waals surface area contributed by atoms with Crippen LogP contribution in [0, 0.1) is 10.1 Å². The second-order valence-electron chi connectivity index (χ2n) is 3.23. The van der Waals surface area contributed by atoms with E-state index >= 15 is 0 Å². The molecule has 0 aromatic carbocycles. The van der Waals surface area contributed by atoms with Gasteiger partial charge in [0.25, 0.3) is 5.19 Å². The van der Waals surface area contributed by atoms with Gasteiger partial charge in [-0.3, -0.25) is 10.1 Å². The molecule has 7 nitrogen and oxygen atoms in total. The Balaban J connectivity index is 1.81. The molecular weight excluding hydrogens is 234 g/mol. The zero-order chi connectivity index (χ0) is 11.4. The highest BCUT2D eigenvalue weighted by Gasteiger charge is 2.16. The largest absolute Gasteiger partial charge is 0.467 e. The Morgan fingerprint density at radius 1 is 1.81 bits per heavy atom. The monoisotopic (exact) mass is 245 g/mol. The third-order valence-electron chi connectivity index (χ3n) is 2.05. The Morgan fingerprint density at radius 3 is 3.31 bits per heavy atom. The van der Waals surface area contributed by atoms with Crippen LogP contribution in [0.1, 0.15) is 0 Å². The van der Waals surface area contributed by atoms with Crippen molar-refractivity contribution in [1.82, 2.24) is 10.3 Å². The average molecular weight is 245 g/mol. The van der Waals surface area contributed by atoms with Crippen molar-refractivity contribution in [2.24, 2.45) is 0 Å². The van der Waals surface area contributed by atoms with Gasteiger partial charge < -0.3 is 14.8 Å². The first-order chi connectivity index (χ1) is 7.75. The van der Waals surface area contributed by atoms with Crippen LogP contribution in [0.15, 0.2) is 6.20 Å². The van der Waals surface area contributed by atoms with E-state index in [1.165, 1.54) is 6.20 Å². The lowest BCUT2D eigenvalue weighted by molar-refractivity contribution is -0.380. The summed E-state index contributed by atoms with van der Waals surface area (Å²) in [5.74, 6) is 0. The summed E-state index contributed by atoms with van der Waals surface area (Å²) in [6, 6.07) is 0. The molecule has 2 rings (SSSR count). The summed E-state index contributed by atoms with van der Waals surface area (Å²) in [7, 11) is 0. The van der Waals surface area contributed by atoms with E-state index < -0.39 is 4.92 Å². The molecule has 1 saturated heterocycles. The highest BCUT2D eigenvalue weighted by Crippen LogP contribution is 2.26. The Bertz CT molecular complexity index is 364. The lowest BCUT2D eigenvalue weighted by Gasteiger charge is -2.22. The van der Waals surface area contributed by atoms with Crippen LogP contribution < -0.4 is 10.1 Å². The summed E-state index contributed by atoms with van der Waals surface area (Å²) in [5, 5.41) is 13.9. The van der Waals surface area contributed by atoms with Gasteiger partial charge in [-0.1, -0.05) is 0 Å². The van der Waals surface area contributed by atoms with Crippen LogP contribution >= 0.6 is 11.3 Å². The number of hydrogen-bond acceptors (Lipinski definition) is 7. The molecule has 1 aromatic rings. The normalized spacial score (nSPS) is 20.6. The highest BCUT2D eigenvalue weighted by atomic mass is 32.1. The van der Waals surface area contributed by atoms with Gasteiger partial charge >= 0.3 is 5.00 Å². The van der Waals surface area contributed by atoms with Crippen molar-refractivity contribution >= 4 is 16.3 Å². The van der Waals surface area contributed by atoms with Crippen molar-refractivity contribution in [3.8, 4) is 5.19 Å². The smallest absolute Gasteiger partial charge is 0.347 e. The summed E-state index contributed by atoms with van der Waals surface area (Å²) < 4.78 is 10.7. The van der Waals surface area contributed by atoms with Gasteiger partial charge in [0.15, 0.2) is 0 Å². The molecule has 1 aliphatic rings. The lowest BCUT2D eigenvalue weighted by Crippen LogP contribution is -2.41. The Hall–Kier alpha value is -1.25. The molecule has 0 radical (unpaired) electrons. The molecular formula is C8H11N3O4S. The van der Waals surface area contributed by atoms with E-state index in [9.17, 15) is 10.1 Å². The molecule has 1 unspecified atom stereocenters. The quantitative estimate of drug-likeness (QED) is 0.611. The Labute approximate surface area is 95.5 Å². The standard InChI is InChI=1S/C8H11N3O4S/c12-11(13)7-4-10-8(16-7)15-5-6-3-9-1-2-14-6/h4,6,9H,1-3,5H2. The SMILES string of the molecule is O=[N+]([O-])c1cnc(OCC2CNCCO2)s1. The molecule has 0 saturated carbocycles. The van der Waals surface area contributed by atoms with Gasteiger partial charge in [0.05, 0.1) is 11.5 Å². The third kappa shape index (κ3) is 2.87. The van der Waals surface area contributed by atoms with Gasteiger partial charge in [-0.05, 0) is 11.3 Å². The maximum absolute atomic E-state index is 10.4. The van der Waals surface area contributed by atoms with E-state index in [4.69, 9.17) is 9.47 Å². The summed E-state index contributed by atoms with van der Waals surface area (Å²) in [6.45, 7) is 2.59. The van der Waals surface area contributed by atoms with Crippen LogP contribution in [0.2, 0.25) is 0 Å². The van der Waals surface area contributed by atoms with Crippen LogP contribution in [0.25, 0.3) is 0 Å². The first-order valence-corrected chi connectivity index (χ1v) is 5.62. The second kappa shape index (κ2) is 5.19. The Morgan fingerprint density at radius 2 is 2.69 bits per heavy atom. The van der Waals surface area contributed by atoms with E-state index in [2.05, 4.69) is 10.3 Å². The number of aromatic nitrogens is 1. The molecule has 0 aliphatic carbocycles. The van der Waals surface area contributed by atoms with Crippen LogP contribution in [0.3, 0.4) is 0 Å². The van der Waals surface area contributed by atoms with Crippen molar-refractivity contribution in [3.05, 3.63) is 16.3 Å². The van der Waals surface area contributed by atoms with E-state index in [0.717, 1.165) is 24.4 Å². The first-order valence-electron chi connectivity index (χ1n) is 4.81. The predicted molar refractivity (Wildman–Crippen MR) is 56.9 cm³/mol. The third-order valence-corrected chi connectivity index (χ3v) is 2.91. The van der Waals surface area contributed by atoms with E-state index in [0.29, 0.717) is 18.4 Å². The van der Waals surface area contributed by atoms with Crippen molar-refractivity contribution in [3.63, 3.8) is 0 Å². The minimum atomic E-state index is -0.483. The molecule has 16 heavy (non-hydrogen) atoms. The van der Waals surface area contributed by atoms with Crippen molar-refractivity contribution in [2.45, 2.75) is 6.10 Å². The first kappa shape index (κ1) is 11.2. The summed E-state index contributed by atoms with van der Waals surface area (Å²) in [5.41, 5.74) is 0. The molecule has 8 heteroatoms. The fraction of sp³-hybridized carbons (Fsp3) is 0.625. The molecule has 1 aromatic heterocycles. The number of morpholine rings is 1. The van der Waals surface area contributed by atoms with E-state index in [1.807, 2.05) is 0 Å². The van der Waals surface area contributed by atoms with Gasteiger partial charge in [-0.25, -0.2) is 4.98 Å². The topological polar surface area (TPSA) is 86.5 Å². The molecule has 1 atom stereocenters.